The Hall–Kier alpha value is -0.470. The fraction of sp³-hybridized carbons (Fsp3) is 0.400. The van der Waals surface area contributed by atoms with Crippen molar-refractivity contribution >= 4 is 11.9 Å². The summed E-state index contributed by atoms with van der Waals surface area (Å²) in [4.78, 5) is 1.39. The minimum Gasteiger partial charge on any atom is -0.260 e. The number of benzene rings is 1. The fourth-order valence-electron chi connectivity index (χ4n) is 1.48. The van der Waals surface area contributed by atoms with E-state index in [1.54, 1.807) is 11.9 Å². The third-order valence-corrected chi connectivity index (χ3v) is 3.08. The molecule has 1 unspecified atom stereocenters. The van der Waals surface area contributed by atoms with Crippen LogP contribution >= 0.6 is 11.9 Å². The quantitative estimate of drug-likeness (QED) is 0.614. The molecule has 0 bridgehead atoms. The number of hydrogen-bond acceptors (Lipinski definition) is 2. The average molecular weight is 179 g/mol. The fourth-order valence-corrected chi connectivity index (χ4v) is 2.43. The van der Waals surface area contributed by atoms with Crippen LogP contribution in [0.3, 0.4) is 0 Å². The molecule has 1 N–H and O–H groups in total. The second-order valence-electron chi connectivity index (χ2n) is 3.37. The lowest BCUT2D eigenvalue weighted by atomic mass is 10.0. The van der Waals surface area contributed by atoms with Crippen LogP contribution in [0.15, 0.2) is 29.2 Å². The molecule has 1 nitrogen and oxygen atoms in total. The third kappa shape index (κ3) is 1.65. The van der Waals surface area contributed by atoms with Crippen LogP contribution in [0.4, 0.5) is 0 Å². The van der Waals surface area contributed by atoms with Gasteiger partial charge in [-0.25, -0.2) is 0 Å². The van der Waals surface area contributed by atoms with Gasteiger partial charge in [-0.05, 0) is 35.9 Å². The van der Waals surface area contributed by atoms with Gasteiger partial charge in [0, 0.05) is 11.4 Å². The van der Waals surface area contributed by atoms with E-state index in [9.17, 15) is 0 Å². The second-order valence-corrected chi connectivity index (χ2v) is 4.30. The van der Waals surface area contributed by atoms with Gasteiger partial charge in [0.15, 0.2) is 0 Å². The van der Waals surface area contributed by atoms with Crippen LogP contribution in [0.2, 0.25) is 0 Å². The zero-order chi connectivity index (χ0) is 8.39. The summed E-state index contributed by atoms with van der Waals surface area (Å²) in [6.45, 7) is 3.40. The summed E-state index contributed by atoms with van der Waals surface area (Å²) in [7, 11) is 0. The molecule has 1 atom stereocenters. The van der Waals surface area contributed by atoms with Gasteiger partial charge in [-0.2, -0.15) is 0 Å². The molecule has 1 aliphatic rings. The van der Waals surface area contributed by atoms with Gasteiger partial charge in [-0.1, -0.05) is 25.1 Å². The number of hydrogen-bond donors (Lipinski definition) is 1. The normalized spacial score (nSPS) is 22.9. The first-order valence-corrected chi connectivity index (χ1v) is 5.15. The molecule has 12 heavy (non-hydrogen) atoms. The first-order chi connectivity index (χ1) is 5.86. The van der Waals surface area contributed by atoms with Crippen LogP contribution in [0.1, 0.15) is 12.5 Å². The molecule has 0 saturated carbocycles. The predicted octanol–water partition coefficient (Wildman–Crippen LogP) is 2.48. The van der Waals surface area contributed by atoms with E-state index in [1.165, 1.54) is 16.9 Å². The summed E-state index contributed by atoms with van der Waals surface area (Å²) in [5.74, 6) is 0.751. The van der Waals surface area contributed by atoms with Crippen molar-refractivity contribution in [3.63, 3.8) is 0 Å². The van der Waals surface area contributed by atoms with Crippen molar-refractivity contribution in [3.8, 4) is 0 Å². The molecular formula is C10H13NS. The van der Waals surface area contributed by atoms with Crippen molar-refractivity contribution in [1.82, 2.24) is 4.72 Å². The molecule has 1 heterocycles. The van der Waals surface area contributed by atoms with E-state index in [2.05, 4.69) is 35.9 Å². The number of fused-ring (bicyclic) bond motifs is 1. The Balaban J connectivity index is 2.31. The molecule has 0 amide bonds. The molecule has 1 aromatic carbocycles. The van der Waals surface area contributed by atoms with Crippen LogP contribution in [-0.4, -0.2) is 6.54 Å². The maximum Gasteiger partial charge on any atom is 0.0260 e. The molecule has 64 valence electrons. The Bertz CT molecular complexity index is 272. The van der Waals surface area contributed by atoms with Crippen molar-refractivity contribution in [2.75, 3.05) is 6.54 Å². The lowest BCUT2D eigenvalue weighted by Crippen LogP contribution is -2.12. The Kier molecular flexibility index (Phi) is 2.38. The van der Waals surface area contributed by atoms with E-state index in [1.807, 2.05) is 0 Å². The van der Waals surface area contributed by atoms with E-state index in [0.717, 1.165) is 12.5 Å². The minimum absolute atomic E-state index is 0.751. The lowest BCUT2D eigenvalue weighted by Gasteiger charge is -2.05. The molecule has 0 fully saturated rings. The predicted molar refractivity (Wildman–Crippen MR) is 53.2 cm³/mol. The van der Waals surface area contributed by atoms with Gasteiger partial charge >= 0.3 is 0 Å². The SMILES string of the molecule is CC1CNSc2ccccc2C1. The first-order valence-electron chi connectivity index (χ1n) is 4.34. The summed E-state index contributed by atoms with van der Waals surface area (Å²) < 4.78 is 3.37. The zero-order valence-electron chi connectivity index (χ0n) is 7.21. The molecule has 2 rings (SSSR count). The van der Waals surface area contributed by atoms with E-state index in [0.29, 0.717) is 0 Å². The van der Waals surface area contributed by atoms with Crippen LogP contribution in [0, 0.1) is 5.92 Å². The van der Waals surface area contributed by atoms with Crippen LogP contribution in [0.25, 0.3) is 0 Å². The maximum absolute atomic E-state index is 3.37. The minimum atomic E-state index is 0.751. The third-order valence-electron chi connectivity index (χ3n) is 2.15. The lowest BCUT2D eigenvalue weighted by molar-refractivity contribution is 0.578. The Labute approximate surface area is 77.7 Å². The standard InChI is InChI=1S/C10H13NS/c1-8-6-9-4-2-3-5-10(9)12-11-7-8/h2-5,8,11H,6-7H2,1H3. The van der Waals surface area contributed by atoms with Crippen LogP contribution < -0.4 is 4.72 Å². The average Bonchev–Trinajstić information content (AvgIpc) is 2.25. The van der Waals surface area contributed by atoms with Gasteiger partial charge in [-0.3, -0.25) is 4.72 Å². The Morgan fingerprint density at radius 3 is 3.17 bits per heavy atom. The van der Waals surface area contributed by atoms with Gasteiger partial charge < -0.3 is 0 Å². The van der Waals surface area contributed by atoms with E-state index in [4.69, 9.17) is 0 Å². The van der Waals surface area contributed by atoms with Crippen LogP contribution in [0.5, 0.6) is 0 Å². The summed E-state index contributed by atoms with van der Waals surface area (Å²) in [5.41, 5.74) is 1.49. The molecule has 0 spiro atoms. The van der Waals surface area contributed by atoms with Gasteiger partial charge in [0.05, 0.1) is 0 Å². The van der Waals surface area contributed by atoms with Crippen molar-refractivity contribution in [2.45, 2.75) is 18.2 Å². The van der Waals surface area contributed by atoms with Gasteiger partial charge in [0.1, 0.15) is 0 Å². The molecule has 0 saturated heterocycles. The largest absolute Gasteiger partial charge is 0.260 e. The molecule has 2 heteroatoms. The van der Waals surface area contributed by atoms with Crippen molar-refractivity contribution in [2.24, 2.45) is 5.92 Å². The second kappa shape index (κ2) is 3.50. The Morgan fingerprint density at radius 2 is 2.25 bits per heavy atom. The highest BCUT2D eigenvalue weighted by molar-refractivity contribution is 7.97. The molecule has 1 aliphatic heterocycles. The van der Waals surface area contributed by atoms with Crippen LogP contribution in [-0.2, 0) is 6.42 Å². The van der Waals surface area contributed by atoms with Crippen molar-refractivity contribution in [3.05, 3.63) is 29.8 Å². The molecule has 0 radical (unpaired) electrons. The number of rotatable bonds is 0. The molecular weight excluding hydrogens is 166 g/mol. The van der Waals surface area contributed by atoms with Gasteiger partial charge in [0.2, 0.25) is 0 Å². The summed E-state index contributed by atoms with van der Waals surface area (Å²) >= 11 is 1.76. The highest BCUT2D eigenvalue weighted by Crippen LogP contribution is 2.25. The smallest absolute Gasteiger partial charge is 0.0260 e. The summed E-state index contributed by atoms with van der Waals surface area (Å²) in [6, 6.07) is 8.64. The first kappa shape index (κ1) is 8.14. The highest BCUT2D eigenvalue weighted by atomic mass is 32.2. The van der Waals surface area contributed by atoms with E-state index >= 15 is 0 Å². The van der Waals surface area contributed by atoms with Gasteiger partial charge in [-0.15, -0.1) is 0 Å². The summed E-state index contributed by atoms with van der Waals surface area (Å²) in [5, 5.41) is 0. The highest BCUT2D eigenvalue weighted by Gasteiger charge is 2.11. The summed E-state index contributed by atoms with van der Waals surface area (Å²) in [6.07, 6.45) is 1.20. The zero-order valence-corrected chi connectivity index (χ0v) is 8.03. The van der Waals surface area contributed by atoms with Crippen molar-refractivity contribution in [1.29, 1.82) is 0 Å². The molecule has 0 aliphatic carbocycles. The topological polar surface area (TPSA) is 12.0 Å². The van der Waals surface area contributed by atoms with E-state index in [-0.39, 0.29) is 0 Å². The Morgan fingerprint density at radius 1 is 1.42 bits per heavy atom. The van der Waals surface area contributed by atoms with Crippen molar-refractivity contribution < 1.29 is 0 Å². The maximum atomic E-state index is 3.37. The monoisotopic (exact) mass is 179 g/mol. The van der Waals surface area contributed by atoms with E-state index < -0.39 is 0 Å². The molecule has 0 aromatic heterocycles. The molecule has 1 aromatic rings. The van der Waals surface area contributed by atoms with Gasteiger partial charge in [0.25, 0.3) is 0 Å². The number of nitrogens with one attached hydrogen (secondary N) is 1.